The lowest BCUT2D eigenvalue weighted by atomic mass is 9.99. The SMILES string of the molecule is CCNC(=O)/C(N)=C(\c1ccc(CO)cc1)N(N)c1cc(C(C)C)c(OCc2ccccc2)cc1OCc1ccccc1. The zero-order chi connectivity index (χ0) is 30.8. The molecule has 8 nitrogen and oxygen atoms in total. The van der Waals surface area contributed by atoms with Crippen molar-refractivity contribution >= 4 is 17.3 Å². The predicted octanol–water partition coefficient (Wildman–Crippen LogP) is 5.60. The largest absolute Gasteiger partial charge is 0.488 e. The number of rotatable bonds is 13. The second-order valence-electron chi connectivity index (χ2n) is 10.4. The zero-order valence-electron chi connectivity index (χ0n) is 24.9. The summed E-state index contributed by atoms with van der Waals surface area (Å²) in [7, 11) is 0. The lowest BCUT2D eigenvalue weighted by Crippen LogP contribution is -2.37. The highest BCUT2D eigenvalue weighted by Gasteiger charge is 2.24. The van der Waals surface area contributed by atoms with E-state index in [2.05, 4.69) is 19.2 Å². The Morgan fingerprint density at radius 2 is 1.40 bits per heavy atom. The number of hydrazine groups is 1. The summed E-state index contributed by atoms with van der Waals surface area (Å²) in [6.07, 6.45) is 0. The van der Waals surface area contributed by atoms with E-state index in [4.69, 9.17) is 21.1 Å². The Labute approximate surface area is 253 Å². The molecule has 6 N–H and O–H groups in total. The van der Waals surface area contributed by atoms with Crippen molar-refractivity contribution in [1.29, 1.82) is 0 Å². The summed E-state index contributed by atoms with van der Waals surface area (Å²) in [4.78, 5) is 13.0. The van der Waals surface area contributed by atoms with Crippen molar-refractivity contribution in [1.82, 2.24) is 5.32 Å². The normalized spacial score (nSPS) is 11.6. The first kappa shape index (κ1) is 31.2. The first-order chi connectivity index (χ1) is 20.8. The number of carbonyl (C=O) groups excluding carboxylic acids is 1. The van der Waals surface area contributed by atoms with E-state index in [0.29, 0.717) is 41.6 Å². The molecule has 0 radical (unpaired) electrons. The Kier molecular flexibility index (Phi) is 10.8. The number of nitrogens with one attached hydrogen (secondary N) is 1. The average Bonchev–Trinajstić information content (AvgIpc) is 3.03. The van der Waals surface area contributed by atoms with Crippen LogP contribution in [0.25, 0.3) is 5.70 Å². The molecule has 43 heavy (non-hydrogen) atoms. The second kappa shape index (κ2) is 14.9. The molecule has 8 heteroatoms. The number of benzene rings is 4. The number of anilines is 1. The minimum absolute atomic E-state index is 0.0504. The van der Waals surface area contributed by atoms with Crippen molar-refractivity contribution < 1.29 is 19.4 Å². The maximum Gasteiger partial charge on any atom is 0.269 e. The van der Waals surface area contributed by atoms with Crippen LogP contribution in [0.5, 0.6) is 11.5 Å². The second-order valence-corrected chi connectivity index (χ2v) is 10.4. The number of likely N-dealkylation sites (N-methyl/N-ethyl adjacent to an activating group) is 1. The molecule has 4 aromatic carbocycles. The molecule has 0 spiro atoms. The summed E-state index contributed by atoms with van der Waals surface area (Å²) >= 11 is 0. The minimum atomic E-state index is -0.446. The molecule has 4 aromatic rings. The number of carbonyl (C=O) groups is 1. The highest BCUT2D eigenvalue weighted by molar-refractivity contribution is 6.03. The van der Waals surface area contributed by atoms with Crippen molar-refractivity contribution in [3.8, 4) is 11.5 Å². The van der Waals surface area contributed by atoms with Crippen molar-refractivity contribution in [2.24, 2.45) is 11.6 Å². The average molecular weight is 581 g/mol. The van der Waals surface area contributed by atoms with E-state index in [0.717, 1.165) is 22.3 Å². The van der Waals surface area contributed by atoms with Crippen LogP contribution < -0.4 is 31.4 Å². The van der Waals surface area contributed by atoms with E-state index >= 15 is 0 Å². The van der Waals surface area contributed by atoms with Crippen molar-refractivity contribution in [3.63, 3.8) is 0 Å². The third-order valence-corrected chi connectivity index (χ3v) is 6.94. The Bertz CT molecular complexity index is 1520. The van der Waals surface area contributed by atoms with Gasteiger partial charge in [-0.2, -0.15) is 0 Å². The van der Waals surface area contributed by atoms with E-state index in [1.807, 2.05) is 79.7 Å². The van der Waals surface area contributed by atoms with E-state index in [9.17, 15) is 9.90 Å². The summed E-state index contributed by atoms with van der Waals surface area (Å²) in [5.74, 6) is 7.65. The third-order valence-electron chi connectivity index (χ3n) is 6.94. The maximum atomic E-state index is 13.0. The molecule has 0 atom stereocenters. The number of ether oxygens (including phenoxy) is 2. The molecular weight excluding hydrogens is 540 g/mol. The van der Waals surface area contributed by atoms with Gasteiger partial charge in [0.1, 0.15) is 36.1 Å². The minimum Gasteiger partial charge on any atom is -0.488 e. The molecule has 1 amide bonds. The van der Waals surface area contributed by atoms with Gasteiger partial charge in [0.2, 0.25) is 0 Å². The molecule has 0 heterocycles. The molecule has 0 saturated carbocycles. The topological polar surface area (TPSA) is 123 Å². The van der Waals surface area contributed by atoms with Crippen LogP contribution in [-0.4, -0.2) is 17.6 Å². The number of nitrogens with two attached hydrogens (primary N) is 2. The fraction of sp³-hybridized carbons (Fsp3) is 0.229. The van der Waals surface area contributed by atoms with Gasteiger partial charge in [0.25, 0.3) is 5.91 Å². The number of aliphatic hydroxyl groups excluding tert-OH is 1. The lowest BCUT2D eigenvalue weighted by molar-refractivity contribution is -0.117. The summed E-state index contributed by atoms with van der Waals surface area (Å²) < 4.78 is 12.7. The molecule has 0 fully saturated rings. The summed E-state index contributed by atoms with van der Waals surface area (Å²) in [6, 6.07) is 30.6. The molecule has 224 valence electrons. The molecule has 0 aliphatic rings. The van der Waals surface area contributed by atoms with Crippen LogP contribution in [0.3, 0.4) is 0 Å². The van der Waals surface area contributed by atoms with Gasteiger partial charge in [0.15, 0.2) is 0 Å². The number of nitrogens with zero attached hydrogens (tertiary/aromatic N) is 1. The van der Waals surface area contributed by atoms with Gasteiger partial charge < -0.3 is 25.6 Å². The van der Waals surface area contributed by atoms with Crippen LogP contribution >= 0.6 is 0 Å². The van der Waals surface area contributed by atoms with E-state index in [1.54, 1.807) is 24.3 Å². The van der Waals surface area contributed by atoms with Crippen LogP contribution in [0.2, 0.25) is 0 Å². The molecule has 0 bridgehead atoms. The fourth-order valence-electron chi connectivity index (χ4n) is 4.59. The third kappa shape index (κ3) is 7.94. The summed E-state index contributed by atoms with van der Waals surface area (Å²) in [5, 5.41) is 13.7. The van der Waals surface area contributed by atoms with Crippen LogP contribution in [0.15, 0.2) is 103 Å². The summed E-state index contributed by atoms with van der Waals surface area (Å²) in [5.41, 5.74) is 11.5. The maximum absolute atomic E-state index is 13.0. The molecule has 0 unspecified atom stereocenters. The van der Waals surface area contributed by atoms with Crippen LogP contribution in [0, 0.1) is 0 Å². The van der Waals surface area contributed by atoms with Gasteiger partial charge in [-0.15, -0.1) is 0 Å². The van der Waals surface area contributed by atoms with Crippen LogP contribution in [-0.2, 0) is 24.6 Å². The van der Waals surface area contributed by atoms with Gasteiger partial charge >= 0.3 is 0 Å². The van der Waals surface area contributed by atoms with E-state index < -0.39 is 5.91 Å². The van der Waals surface area contributed by atoms with E-state index in [1.165, 1.54) is 5.01 Å². The Morgan fingerprint density at radius 3 is 1.91 bits per heavy atom. The molecule has 0 aliphatic carbocycles. The lowest BCUT2D eigenvalue weighted by Gasteiger charge is -2.28. The van der Waals surface area contributed by atoms with Gasteiger partial charge in [0.05, 0.1) is 12.3 Å². The van der Waals surface area contributed by atoms with Gasteiger partial charge in [-0.1, -0.05) is 98.8 Å². The van der Waals surface area contributed by atoms with Gasteiger partial charge in [-0.3, -0.25) is 9.80 Å². The Morgan fingerprint density at radius 1 is 0.837 bits per heavy atom. The molecule has 0 saturated heterocycles. The van der Waals surface area contributed by atoms with Crippen molar-refractivity contribution in [3.05, 3.63) is 131 Å². The van der Waals surface area contributed by atoms with Gasteiger partial charge in [0, 0.05) is 18.2 Å². The number of amides is 1. The number of hydrogen-bond donors (Lipinski definition) is 4. The monoisotopic (exact) mass is 580 g/mol. The van der Waals surface area contributed by atoms with Crippen LogP contribution in [0.4, 0.5) is 5.69 Å². The standard InChI is InChI=1S/C35H40N4O4/c1-4-38-35(41)33(36)34(28-17-15-25(21-40)16-18-28)39(37)30-19-29(24(2)3)31(42-22-26-11-7-5-8-12-26)20-32(30)43-23-27-13-9-6-10-14-27/h5-20,24,40H,4,21-23,36-37H2,1-3H3,(H,38,41)/b34-33-. The fourth-order valence-corrected chi connectivity index (χ4v) is 4.59. The number of aliphatic hydroxyl groups is 1. The van der Waals surface area contributed by atoms with E-state index in [-0.39, 0.29) is 24.8 Å². The first-order valence-corrected chi connectivity index (χ1v) is 14.4. The summed E-state index contributed by atoms with van der Waals surface area (Å²) in [6.45, 7) is 6.93. The Balaban J connectivity index is 1.84. The molecular formula is C35H40N4O4. The smallest absolute Gasteiger partial charge is 0.269 e. The molecule has 0 aliphatic heterocycles. The van der Waals surface area contributed by atoms with Crippen LogP contribution in [0.1, 0.15) is 54.5 Å². The van der Waals surface area contributed by atoms with Crippen molar-refractivity contribution in [2.75, 3.05) is 11.6 Å². The highest BCUT2D eigenvalue weighted by Crippen LogP contribution is 2.41. The van der Waals surface area contributed by atoms with Crippen molar-refractivity contribution in [2.45, 2.75) is 46.5 Å². The quantitative estimate of drug-likeness (QED) is 0.0922. The number of hydrogen-bond acceptors (Lipinski definition) is 7. The molecule has 4 rings (SSSR count). The predicted molar refractivity (Wildman–Crippen MR) is 171 cm³/mol. The van der Waals surface area contributed by atoms with Gasteiger partial charge in [-0.05, 0) is 41.2 Å². The zero-order valence-corrected chi connectivity index (χ0v) is 24.9. The Hall–Kier alpha value is -4.79. The first-order valence-electron chi connectivity index (χ1n) is 14.4. The molecule has 0 aromatic heterocycles. The highest BCUT2D eigenvalue weighted by atomic mass is 16.5. The van der Waals surface area contributed by atoms with Gasteiger partial charge in [-0.25, -0.2) is 5.84 Å².